The lowest BCUT2D eigenvalue weighted by atomic mass is 10.0. The second-order valence-electron chi connectivity index (χ2n) is 7.14. The van der Waals surface area contributed by atoms with Gasteiger partial charge >= 0.3 is 18.2 Å². The number of hydrogen-bond donors (Lipinski definition) is 2. The van der Waals surface area contributed by atoms with Crippen molar-refractivity contribution >= 4 is 12.1 Å². The molecule has 0 aliphatic rings. The molecule has 2 aromatic carbocycles. The summed E-state index contributed by atoms with van der Waals surface area (Å²) in [6.07, 6.45) is -6.12. The minimum Gasteiger partial charge on any atom is -0.481 e. The Balaban J connectivity index is 1.90. The molecular formula is C22H24F3NO5. The van der Waals surface area contributed by atoms with E-state index in [0.717, 1.165) is 12.1 Å². The van der Waals surface area contributed by atoms with E-state index in [2.05, 4.69) is 5.32 Å². The number of nitrogens with one attached hydrogen (secondary N) is 1. The Morgan fingerprint density at radius 2 is 1.74 bits per heavy atom. The molecule has 0 unspecified atom stereocenters. The van der Waals surface area contributed by atoms with Crippen LogP contribution in [0.2, 0.25) is 0 Å². The van der Waals surface area contributed by atoms with E-state index >= 15 is 0 Å². The summed E-state index contributed by atoms with van der Waals surface area (Å²) < 4.78 is 48.4. The molecule has 0 radical (unpaired) electrons. The molecule has 0 aliphatic heterocycles. The first kappa shape index (κ1) is 24.2. The Morgan fingerprint density at radius 1 is 1.06 bits per heavy atom. The first-order valence-electron chi connectivity index (χ1n) is 9.57. The van der Waals surface area contributed by atoms with E-state index in [9.17, 15) is 22.8 Å². The van der Waals surface area contributed by atoms with Gasteiger partial charge < -0.3 is 19.9 Å². The molecular weight excluding hydrogens is 415 g/mol. The standard InChI is InChI=1S/C22H24F3NO5/c1-14(2)31-19(11-20(27)28)17-5-3-4-16(10-17)12-26-21(29)30-13-15-6-8-18(9-7-15)22(23,24)25/h3-10,14,19H,11-13H2,1-2H3,(H,26,29)(H,27,28)/t19-/m0/s1. The van der Waals surface area contributed by atoms with Crippen LogP contribution in [0.15, 0.2) is 48.5 Å². The SMILES string of the molecule is CC(C)O[C@@H](CC(=O)O)c1cccc(CNC(=O)OCc2ccc(C(F)(F)F)cc2)c1. The van der Waals surface area contributed by atoms with Crippen LogP contribution in [0.25, 0.3) is 0 Å². The number of carbonyl (C=O) groups excluding carboxylic acids is 1. The van der Waals surface area contributed by atoms with Gasteiger partial charge in [-0.25, -0.2) is 4.79 Å². The van der Waals surface area contributed by atoms with Crippen molar-refractivity contribution in [2.75, 3.05) is 0 Å². The molecule has 168 valence electrons. The number of benzene rings is 2. The smallest absolute Gasteiger partial charge is 0.416 e. The third kappa shape index (κ3) is 8.29. The summed E-state index contributed by atoms with van der Waals surface area (Å²) in [6.45, 7) is 3.58. The van der Waals surface area contributed by atoms with Crippen LogP contribution in [0.1, 0.15) is 48.6 Å². The van der Waals surface area contributed by atoms with Crippen LogP contribution in [0, 0.1) is 0 Å². The molecule has 0 aromatic heterocycles. The predicted molar refractivity (Wildman–Crippen MR) is 106 cm³/mol. The van der Waals surface area contributed by atoms with E-state index in [1.54, 1.807) is 24.3 Å². The molecule has 0 saturated carbocycles. The highest BCUT2D eigenvalue weighted by Gasteiger charge is 2.29. The zero-order chi connectivity index (χ0) is 23.0. The lowest BCUT2D eigenvalue weighted by Gasteiger charge is -2.20. The van der Waals surface area contributed by atoms with Gasteiger partial charge in [-0.1, -0.05) is 36.4 Å². The summed E-state index contributed by atoms with van der Waals surface area (Å²) in [5, 5.41) is 11.7. The highest BCUT2D eigenvalue weighted by Crippen LogP contribution is 2.29. The van der Waals surface area contributed by atoms with Crippen molar-refractivity contribution in [2.45, 2.75) is 51.8 Å². The third-order valence-electron chi connectivity index (χ3n) is 4.21. The molecule has 31 heavy (non-hydrogen) atoms. The normalized spacial score (nSPS) is 12.5. The van der Waals surface area contributed by atoms with Gasteiger partial charge in [0.15, 0.2) is 0 Å². The Labute approximate surface area is 178 Å². The van der Waals surface area contributed by atoms with Crippen molar-refractivity contribution in [3.8, 4) is 0 Å². The molecule has 0 bridgehead atoms. The molecule has 2 N–H and O–H groups in total. The van der Waals surface area contributed by atoms with Crippen molar-refractivity contribution in [1.82, 2.24) is 5.32 Å². The van der Waals surface area contributed by atoms with E-state index in [1.807, 2.05) is 13.8 Å². The second-order valence-corrected chi connectivity index (χ2v) is 7.14. The minimum absolute atomic E-state index is 0.126. The summed E-state index contributed by atoms with van der Waals surface area (Å²) in [7, 11) is 0. The van der Waals surface area contributed by atoms with Crippen molar-refractivity contribution < 1.29 is 37.3 Å². The summed E-state index contributed by atoms with van der Waals surface area (Å²) in [5.74, 6) is -0.985. The Hall–Kier alpha value is -3.07. The molecule has 0 fully saturated rings. The molecule has 0 saturated heterocycles. The highest BCUT2D eigenvalue weighted by atomic mass is 19.4. The number of amides is 1. The van der Waals surface area contributed by atoms with E-state index in [1.165, 1.54) is 12.1 Å². The van der Waals surface area contributed by atoms with Gasteiger partial charge in [0.05, 0.1) is 24.2 Å². The molecule has 0 heterocycles. The maximum absolute atomic E-state index is 12.6. The fourth-order valence-electron chi connectivity index (χ4n) is 2.80. The molecule has 1 atom stereocenters. The van der Waals surface area contributed by atoms with Gasteiger partial charge in [0.25, 0.3) is 0 Å². The van der Waals surface area contributed by atoms with Gasteiger partial charge in [-0.15, -0.1) is 0 Å². The van der Waals surface area contributed by atoms with Crippen molar-refractivity contribution in [3.63, 3.8) is 0 Å². The van der Waals surface area contributed by atoms with E-state index in [0.29, 0.717) is 16.7 Å². The maximum Gasteiger partial charge on any atom is 0.416 e. The van der Waals surface area contributed by atoms with Crippen LogP contribution in [0.3, 0.4) is 0 Å². The van der Waals surface area contributed by atoms with Gasteiger partial charge in [0, 0.05) is 6.54 Å². The number of alkyl halides is 3. The monoisotopic (exact) mass is 439 g/mol. The van der Waals surface area contributed by atoms with E-state index in [4.69, 9.17) is 14.6 Å². The van der Waals surface area contributed by atoms with Crippen LogP contribution in [-0.2, 0) is 33.6 Å². The molecule has 9 heteroatoms. The first-order valence-corrected chi connectivity index (χ1v) is 9.57. The number of carboxylic acid groups (broad SMARTS) is 1. The summed E-state index contributed by atoms with van der Waals surface area (Å²) in [6, 6.07) is 11.3. The molecule has 2 aromatic rings. The number of halogens is 3. The van der Waals surface area contributed by atoms with Crippen molar-refractivity contribution in [2.24, 2.45) is 0 Å². The first-order chi connectivity index (χ1) is 14.5. The molecule has 1 amide bonds. The van der Waals surface area contributed by atoms with E-state index < -0.39 is 29.9 Å². The topological polar surface area (TPSA) is 84.9 Å². The number of rotatable bonds is 9. The zero-order valence-electron chi connectivity index (χ0n) is 17.1. The number of ether oxygens (including phenoxy) is 2. The molecule has 2 rings (SSSR count). The molecule has 6 nitrogen and oxygen atoms in total. The lowest BCUT2D eigenvalue weighted by Crippen LogP contribution is -2.23. The van der Waals surface area contributed by atoms with Crippen LogP contribution in [0.4, 0.5) is 18.0 Å². The number of aliphatic carboxylic acids is 1. The number of alkyl carbamates (subject to hydrolysis) is 1. The third-order valence-corrected chi connectivity index (χ3v) is 4.21. The van der Waals surface area contributed by atoms with Crippen LogP contribution < -0.4 is 5.32 Å². The van der Waals surface area contributed by atoms with Crippen molar-refractivity contribution in [1.29, 1.82) is 0 Å². The summed E-state index contributed by atoms with van der Waals surface area (Å²) in [5.41, 5.74) is 1.04. The molecule has 0 spiro atoms. The Kier molecular flexibility index (Phi) is 8.44. The number of carbonyl (C=O) groups is 2. The summed E-state index contributed by atoms with van der Waals surface area (Å²) in [4.78, 5) is 23.0. The average Bonchev–Trinajstić information content (AvgIpc) is 2.69. The highest BCUT2D eigenvalue weighted by molar-refractivity contribution is 5.68. The zero-order valence-corrected chi connectivity index (χ0v) is 17.1. The van der Waals surface area contributed by atoms with Gasteiger partial charge in [0.1, 0.15) is 6.61 Å². The lowest BCUT2D eigenvalue weighted by molar-refractivity contribution is -0.141. The number of carboxylic acids is 1. The average molecular weight is 439 g/mol. The van der Waals surface area contributed by atoms with Gasteiger partial charge in [0.2, 0.25) is 0 Å². The van der Waals surface area contributed by atoms with Crippen LogP contribution in [0.5, 0.6) is 0 Å². The fraction of sp³-hybridized carbons (Fsp3) is 0.364. The summed E-state index contributed by atoms with van der Waals surface area (Å²) >= 11 is 0. The van der Waals surface area contributed by atoms with E-state index in [-0.39, 0.29) is 25.7 Å². The predicted octanol–water partition coefficient (Wildman–Crippen LogP) is 5.07. The minimum atomic E-state index is -4.42. The molecule has 0 aliphatic carbocycles. The Morgan fingerprint density at radius 3 is 2.32 bits per heavy atom. The van der Waals surface area contributed by atoms with Crippen molar-refractivity contribution in [3.05, 3.63) is 70.8 Å². The maximum atomic E-state index is 12.6. The quantitative estimate of drug-likeness (QED) is 0.570. The van der Waals surface area contributed by atoms with Gasteiger partial charge in [-0.05, 0) is 42.7 Å². The van der Waals surface area contributed by atoms with Crippen LogP contribution in [-0.4, -0.2) is 23.3 Å². The van der Waals surface area contributed by atoms with Gasteiger partial charge in [-0.2, -0.15) is 13.2 Å². The fourth-order valence-corrected chi connectivity index (χ4v) is 2.80. The largest absolute Gasteiger partial charge is 0.481 e. The van der Waals surface area contributed by atoms with Crippen LogP contribution >= 0.6 is 0 Å². The second kappa shape index (κ2) is 10.8. The van der Waals surface area contributed by atoms with Gasteiger partial charge in [-0.3, -0.25) is 4.79 Å². The number of hydrogen-bond acceptors (Lipinski definition) is 4. The Bertz CT molecular complexity index is 881.